The molecule has 3 atom stereocenters. The molecule has 0 bridgehead atoms. The molecule has 0 saturated carbocycles. The molecule has 8 heteroatoms. The minimum absolute atomic E-state index is 0.210. The van der Waals surface area contributed by atoms with E-state index in [4.69, 9.17) is 4.74 Å². The molecule has 2 fully saturated rings. The Morgan fingerprint density at radius 1 is 0.735 bits per heavy atom. The summed E-state index contributed by atoms with van der Waals surface area (Å²) in [7, 11) is 0. The average molecular weight is 581 g/mol. The average Bonchev–Trinajstić information content (AvgIpc) is 3.40. The molecule has 0 N–H and O–H groups in total. The fourth-order valence-corrected chi connectivity index (χ4v) is 6.07. The minimum atomic E-state index is -2.07. The molecule has 3 aliphatic rings. The summed E-state index contributed by atoms with van der Waals surface area (Å²) in [6, 6.07) is 20.4. The topological polar surface area (TPSA) is 80.8 Å². The smallest absolute Gasteiger partial charge is 0.241 e. The highest BCUT2D eigenvalue weighted by Crippen LogP contribution is 2.58. The van der Waals surface area contributed by atoms with Gasteiger partial charge in [-0.1, -0.05) is 64.5 Å². The molecule has 1 spiro atoms. The zero-order valence-corrected chi connectivity index (χ0v) is 20.6. The Bertz CT molecular complexity index is 1380. The number of para-hydroxylation sites is 1. The van der Waals surface area contributed by atoms with E-state index in [1.807, 2.05) is 0 Å². The monoisotopic (exact) mass is 579 g/mol. The number of benzene rings is 3. The van der Waals surface area contributed by atoms with Crippen molar-refractivity contribution >= 4 is 60.9 Å². The van der Waals surface area contributed by atoms with Crippen molar-refractivity contribution in [1.82, 2.24) is 0 Å². The molecular weight excluding hydrogens is 566 g/mol. The number of imide groups is 1. The normalized spacial score (nSPS) is 24.8. The van der Waals surface area contributed by atoms with Crippen LogP contribution in [-0.4, -0.2) is 29.0 Å². The van der Waals surface area contributed by atoms with Gasteiger partial charge in [0.1, 0.15) is 0 Å². The largest absolute Gasteiger partial charge is 0.349 e. The lowest BCUT2D eigenvalue weighted by molar-refractivity contribution is -0.127. The van der Waals surface area contributed by atoms with Crippen molar-refractivity contribution in [2.24, 2.45) is 11.8 Å². The molecule has 34 heavy (non-hydrogen) atoms. The van der Waals surface area contributed by atoms with Gasteiger partial charge in [-0.2, -0.15) is 0 Å². The van der Waals surface area contributed by atoms with E-state index in [1.54, 1.807) is 72.8 Å². The molecule has 2 aliphatic heterocycles. The van der Waals surface area contributed by atoms with Crippen molar-refractivity contribution in [2.45, 2.75) is 11.7 Å². The van der Waals surface area contributed by atoms with Gasteiger partial charge >= 0.3 is 0 Å². The highest BCUT2D eigenvalue weighted by atomic mass is 79.9. The molecule has 2 heterocycles. The summed E-state index contributed by atoms with van der Waals surface area (Å²) in [4.78, 5) is 56.2. The number of anilines is 1. The number of amides is 2. The van der Waals surface area contributed by atoms with Crippen LogP contribution in [0, 0.1) is 11.8 Å². The summed E-state index contributed by atoms with van der Waals surface area (Å²) < 4.78 is 7.65. The highest BCUT2D eigenvalue weighted by molar-refractivity contribution is 9.10. The fourth-order valence-electron chi connectivity index (χ4n) is 5.34. The minimum Gasteiger partial charge on any atom is -0.349 e. The third kappa shape index (κ3) is 2.70. The Balaban J connectivity index is 1.56. The van der Waals surface area contributed by atoms with Crippen LogP contribution in [0.1, 0.15) is 32.4 Å². The van der Waals surface area contributed by atoms with Crippen LogP contribution in [0.4, 0.5) is 5.69 Å². The third-order valence-corrected chi connectivity index (χ3v) is 8.01. The van der Waals surface area contributed by atoms with Crippen LogP contribution >= 0.6 is 31.9 Å². The number of halogens is 2. The molecule has 3 aromatic carbocycles. The number of nitrogens with zero attached hydrogens (tertiary/aromatic N) is 1. The number of ether oxygens (including phenoxy) is 1. The molecule has 168 valence electrons. The predicted molar refractivity (Wildman–Crippen MR) is 129 cm³/mol. The van der Waals surface area contributed by atoms with Crippen LogP contribution in [0.2, 0.25) is 0 Å². The zero-order chi connectivity index (χ0) is 23.8. The van der Waals surface area contributed by atoms with E-state index in [0.717, 1.165) is 9.37 Å². The summed E-state index contributed by atoms with van der Waals surface area (Å²) in [6.45, 7) is 0. The lowest BCUT2D eigenvalue weighted by atomic mass is 9.77. The second kappa shape index (κ2) is 7.53. The van der Waals surface area contributed by atoms with Crippen LogP contribution in [0.15, 0.2) is 81.7 Å². The van der Waals surface area contributed by atoms with Crippen molar-refractivity contribution in [2.75, 3.05) is 4.90 Å². The maximum atomic E-state index is 13.9. The van der Waals surface area contributed by atoms with Crippen LogP contribution in [-0.2, 0) is 14.3 Å². The molecule has 3 aromatic rings. The molecule has 1 aliphatic carbocycles. The lowest BCUT2D eigenvalue weighted by Crippen LogP contribution is -2.51. The van der Waals surface area contributed by atoms with E-state index in [9.17, 15) is 19.2 Å². The molecular formula is C26H15Br2NO5. The SMILES string of the molecule is O=C1[C@@H]2[C@@H](c3ccc(Br)cc3)OC3(C(=O)c4ccccc4C3=O)[C@H]2C(=O)N1c1ccccc1Br. The molecule has 2 saturated heterocycles. The Hall–Kier alpha value is -2.94. The number of ketones is 2. The van der Waals surface area contributed by atoms with Gasteiger partial charge in [0, 0.05) is 20.1 Å². The van der Waals surface area contributed by atoms with E-state index in [1.165, 1.54) is 0 Å². The van der Waals surface area contributed by atoms with Gasteiger partial charge in [-0.05, 0) is 45.8 Å². The van der Waals surface area contributed by atoms with Gasteiger partial charge in [-0.3, -0.25) is 19.2 Å². The van der Waals surface area contributed by atoms with Gasteiger partial charge in [0.15, 0.2) is 0 Å². The Morgan fingerprint density at radius 3 is 1.94 bits per heavy atom. The Kier molecular flexibility index (Phi) is 4.78. The first-order valence-electron chi connectivity index (χ1n) is 10.6. The van der Waals surface area contributed by atoms with Gasteiger partial charge in [-0.15, -0.1) is 0 Å². The Labute approximate surface area is 211 Å². The maximum Gasteiger partial charge on any atom is 0.241 e. The molecule has 0 aromatic heterocycles. The molecule has 0 radical (unpaired) electrons. The van der Waals surface area contributed by atoms with Crippen molar-refractivity contribution in [3.63, 3.8) is 0 Å². The Morgan fingerprint density at radius 2 is 1.32 bits per heavy atom. The van der Waals surface area contributed by atoms with Crippen molar-refractivity contribution in [3.05, 3.63) is 98.4 Å². The van der Waals surface area contributed by atoms with E-state index in [-0.39, 0.29) is 11.1 Å². The second-order valence-electron chi connectivity index (χ2n) is 8.50. The summed E-state index contributed by atoms with van der Waals surface area (Å²) >= 11 is 6.81. The number of Topliss-reactive ketones (excluding diaryl/α,β-unsaturated/α-hetero) is 2. The van der Waals surface area contributed by atoms with E-state index in [2.05, 4.69) is 31.9 Å². The van der Waals surface area contributed by atoms with Gasteiger partial charge in [0.25, 0.3) is 0 Å². The van der Waals surface area contributed by atoms with Crippen LogP contribution in [0.25, 0.3) is 0 Å². The number of carbonyl (C=O) groups excluding carboxylic acids is 4. The fraction of sp³-hybridized carbons (Fsp3) is 0.154. The van der Waals surface area contributed by atoms with Gasteiger partial charge in [0.05, 0.1) is 23.6 Å². The maximum absolute atomic E-state index is 13.9. The summed E-state index contributed by atoms with van der Waals surface area (Å²) in [6.07, 6.45) is -0.941. The first kappa shape index (κ1) is 21.6. The molecule has 6 nitrogen and oxygen atoms in total. The molecule has 0 unspecified atom stereocenters. The van der Waals surface area contributed by atoms with Gasteiger partial charge in [-0.25, -0.2) is 4.90 Å². The zero-order valence-electron chi connectivity index (χ0n) is 17.4. The van der Waals surface area contributed by atoms with Crippen molar-refractivity contribution in [3.8, 4) is 0 Å². The number of hydrogen-bond donors (Lipinski definition) is 0. The van der Waals surface area contributed by atoms with Gasteiger partial charge in [0.2, 0.25) is 29.0 Å². The van der Waals surface area contributed by atoms with E-state index < -0.39 is 46.9 Å². The van der Waals surface area contributed by atoms with Crippen molar-refractivity contribution in [1.29, 1.82) is 0 Å². The third-order valence-electron chi connectivity index (χ3n) is 6.81. The second-order valence-corrected chi connectivity index (χ2v) is 10.3. The van der Waals surface area contributed by atoms with Crippen molar-refractivity contribution < 1.29 is 23.9 Å². The van der Waals surface area contributed by atoms with E-state index in [0.29, 0.717) is 15.7 Å². The van der Waals surface area contributed by atoms with Gasteiger partial charge < -0.3 is 4.74 Å². The predicted octanol–water partition coefficient (Wildman–Crippen LogP) is 4.91. The quantitative estimate of drug-likeness (QED) is 0.318. The molecule has 2 amide bonds. The highest BCUT2D eigenvalue weighted by Gasteiger charge is 2.74. The number of fused-ring (bicyclic) bond motifs is 3. The number of hydrogen-bond acceptors (Lipinski definition) is 5. The van der Waals surface area contributed by atoms with Crippen LogP contribution < -0.4 is 4.90 Å². The summed E-state index contributed by atoms with van der Waals surface area (Å²) in [5, 5.41) is 0. The number of carbonyl (C=O) groups is 4. The van der Waals surface area contributed by atoms with E-state index >= 15 is 0 Å². The molecule has 6 rings (SSSR count). The number of rotatable bonds is 2. The van der Waals surface area contributed by atoms with Crippen LogP contribution in [0.3, 0.4) is 0 Å². The van der Waals surface area contributed by atoms with Crippen LogP contribution in [0.5, 0.6) is 0 Å². The summed E-state index contributed by atoms with van der Waals surface area (Å²) in [5.74, 6) is -4.55. The summed E-state index contributed by atoms with van der Waals surface area (Å²) in [5.41, 5.74) is -0.673. The first-order valence-corrected chi connectivity index (χ1v) is 12.2. The first-order chi connectivity index (χ1) is 16.4. The lowest BCUT2D eigenvalue weighted by Gasteiger charge is -2.27. The standard InChI is InChI=1S/C26H15Br2NO5/c27-14-11-9-13(10-12-14)21-19-20(25(33)29(24(19)32)18-8-4-3-7-17(18)28)26(34-21)22(30)15-5-1-2-6-16(15)23(26)31/h1-12,19-21H/t19-,20+,21+/m0/s1.